The number of anilines is 1. The van der Waals surface area contributed by atoms with Gasteiger partial charge < -0.3 is 11.1 Å². The Balaban J connectivity index is 1.72. The van der Waals surface area contributed by atoms with Gasteiger partial charge in [-0.05, 0) is 42.4 Å². The monoisotopic (exact) mass is 274 g/mol. The first-order valence-electron chi connectivity index (χ1n) is 7.69. The smallest absolute Gasteiger partial charge is 0.220 e. The first-order valence-corrected chi connectivity index (χ1v) is 7.69. The predicted molar refractivity (Wildman–Crippen MR) is 83.4 cm³/mol. The Hall–Kier alpha value is -1.51. The second-order valence-electron chi connectivity index (χ2n) is 6.39. The van der Waals surface area contributed by atoms with Gasteiger partial charge in [0.15, 0.2) is 0 Å². The van der Waals surface area contributed by atoms with E-state index in [1.807, 2.05) is 24.3 Å². The molecule has 0 spiro atoms. The highest BCUT2D eigenvalue weighted by Gasteiger charge is 2.26. The van der Waals surface area contributed by atoms with Crippen molar-refractivity contribution < 1.29 is 4.79 Å². The van der Waals surface area contributed by atoms with Crippen LogP contribution in [0, 0.1) is 5.41 Å². The van der Waals surface area contributed by atoms with Gasteiger partial charge in [-0.15, -0.1) is 0 Å². The molecule has 0 bridgehead atoms. The summed E-state index contributed by atoms with van der Waals surface area (Å²) in [6.45, 7) is 3.12. The van der Waals surface area contributed by atoms with E-state index >= 15 is 0 Å². The van der Waals surface area contributed by atoms with Gasteiger partial charge in [0, 0.05) is 18.7 Å². The summed E-state index contributed by atoms with van der Waals surface area (Å²) in [4.78, 5) is 11.9. The SMILES string of the molecule is CC1(CNC(=O)CCc2cccc(N)c2)CCCCC1. The van der Waals surface area contributed by atoms with Crippen LogP contribution in [0.4, 0.5) is 5.69 Å². The van der Waals surface area contributed by atoms with Crippen LogP contribution in [0.3, 0.4) is 0 Å². The van der Waals surface area contributed by atoms with Crippen molar-refractivity contribution in [3.05, 3.63) is 29.8 Å². The van der Waals surface area contributed by atoms with E-state index in [4.69, 9.17) is 5.73 Å². The Morgan fingerprint density at radius 2 is 2.05 bits per heavy atom. The molecule has 3 heteroatoms. The van der Waals surface area contributed by atoms with Crippen LogP contribution in [0.5, 0.6) is 0 Å². The third-order valence-corrected chi connectivity index (χ3v) is 4.36. The number of nitrogens with one attached hydrogen (secondary N) is 1. The molecule has 1 aromatic rings. The molecule has 0 unspecified atom stereocenters. The zero-order valence-electron chi connectivity index (χ0n) is 12.5. The Morgan fingerprint density at radius 1 is 1.30 bits per heavy atom. The van der Waals surface area contributed by atoms with Crippen molar-refractivity contribution >= 4 is 11.6 Å². The molecule has 1 saturated carbocycles. The van der Waals surface area contributed by atoms with Crippen molar-refractivity contribution in [2.45, 2.75) is 51.9 Å². The van der Waals surface area contributed by atoms with Gasteiger partial charge >= 0.3 is 0 Å². The minimum absolute atomic E-state index is 0.152. The van der Waals surface area contributed by atoms with Crippen molar-refractivity contribution in [1.29, 1.82) is 0 Å². The maximum atomic E-state index is 11.9. The molecule has 20 heavy (non-hydrogen) atoms. The molecule has 0 radical (unpaired) electrons. The number of hydrogen-bond donors (Lipinski definition) is 2. The van der Waals surface area contributed by atoms with Crippen LogP contribution in [0.1, 0.15) is 51.0 Å². The summed E-state index contributed by atoms with van der Waals surface area (Å²) in [5.74, 6) is 0.152. The molecule has 110 valence electrons. The number of nitrogen functional groups attached to an aromatic ring is 1. The number of aryl methyl sites for hydroxylation is 1. The lowest BCUT2D eigenvalue weighted by atomic mass is 9.76. The lowest BCUT2D eigenvalue weighted by Crippen LogP contribution is -2.37. The van der Waals surface area contributed by atoms with Gasteiger partial charge in [0.2, 0.25) is 5.91 Å². The van der Waals surface area contributed by atoms with Crippen LogP contribution < -0.4 is 11.1 Å². The lowest BCUT2D eigenvalue weighted by molar-refractivity contribution is -0.121. The Bertz CT molecular complexity index is 450. The van der Waals surface area contributed by atoms with Crippen molar-refractivity contribution in [2.24, 2.45) is 5.41 Å². The molecule has 0 saturated heterocycles. The normalized spacial score (nSPS) is 17.6. The van der Waals surface area contributed by atoms with Gasteiger partial charge in [0.05, 0.1) is 0 Å². The minimum atomic E-state index is 0.152. The van der Waals surface area contributed by atoms with Crippen LogP contribution in [0.2, 0.25) is 0 Å². The van der Waals surface area contributed by atoms with E-state index in [0.29, 0.717) is 11.8 Å². The molecule has 0 heterocycles. The summed E-state index contributed by atoms with van der Waals surface area (Å²) < 4.78 is 0. The standard InChI is InChI=1S/C17H26N2O/c1-17(10-3-2-4-11-17)13-19-16(20)9-8-14-6-5-7-15(18)12-14/h5-7,12H,2-4,8-11,13,18H2,1H3,(H,19,20). The number of nitrogens with two attached hydrogens (primary N) is 1. The van der Waals surface area contributed by atoms with Crippen molar-refractivity contribution in [2.75, 3.05) is 12.3 Å². The topological polar surface area (TPSA) is 55.1 Å². The highest BCUT2D eigenvalue weighted by molar-refractivity contribution is 5.76. The largest absolute Gasteiger partial charge is 0.399 e. The molecule has 0 aromatic heterocycles. The van der Waals surface area contributed by atoms with E-state index < -0.39 is 0 Å². The van der Waals surface area contributed by atoms with Crippen LogP contribution in [0.15, 0.2) is 24.3 Å². The average molecular weight is 274 g/mol. The average Bonchev–Trinajstić information content (AvgIpc) is 2.44. The van der Waals surface area contributed by atoms with E-state index in [9.17, 15) is 4.79 Å². The van der Waals surface area contributed by atoms with Crippen LogP contribution in [0.25, 0.3) is 0 Å². The molecule has 1 fully saturated rings. The van der Waals surface area contributed by atoms with E-state index in [-0.39, 0.29) is 5.91 Å². The lowest BCUT2D eigenvalue weighted by Gasteiger charge is -2.33. The van der Waals surface area contributed by atoms with Gasteiger partial charge in [-0.3, -0.25) is 4.79 Å². The molecule has 2 rings (SSSR count). The zero-order valence-corrected chi connectivity index (χ0v) is 12.5. The maximum absolute atomic E-state index is 11.9. The molecule has 1 amide bonds. The molecule has 3 nitrogen and oxygen atoms in total. The van der Waals surface area contributed by atoms with E-state index in [1.54, 1.807) is 0 Å². The predicted octanol–water partition coefficient (Wildman–Crippen LogP) is 3.29. The zero-order chi connectivity index (χ0) is 14.4. The second-order valence-corrected chi connectivity index (χ2v) is 6.39. The number of carbonyl (C=O) groups excluding carboxylic acids is 1. The summed E-state index contributed by atoms with van der Waals surface area (Å²) in [7, 11) is 0. The van der Waals surface area contributed by atoms with Gasteiger partial charge in [-0.25, -0.2) is 0 Å². The summed E-state index contributed by atoms with van der Waals surface area (Å²) in [6, 6.07) is 7.76. The molecule has 3 N–H and O–H groups in total. The first kappa shape index (κ1) is 14.9. The summed E-state index contributed by atoms with van der Waals surface area (Å²) in [5.41, 5.74) is 7.94. The second kappa shape index (κ2) is 6.78. The minimum Gasteiger partial charge on any atom is -0.399 e. The van der Waals surface area contributed by atoms with Gasteiger partial charge in [-0.2, -0.15) is 0 Å². The third kappa shape index (κ3) is 4.55. The van der Waals surface area contributed by atoms with Crippen LogP contribution in [-0.2, 0) is 11.2 Å². The van der Waals surface area contributed by atoms with Crippen molar-refractivity contribution in [3.63, 3.8) is 0 Å². The molecule has 0 aliphatic heterocycles. The Morgan fingerprint density at radius 3 is 2.75 bits per heavy atom. The Labute approximate surface area is 121 Å². The molecular formula is C17H26N2O. The first-order chi connectivity index (χ1) is 9.57. The maximum Gasteiger partial charge on any atom is 0.220 e. The molecule has 1 aliphatic rings. The highest BCUT2D eigenvalue weighted by atomic mass is 16.1. The van der Waals surface area contributed by atoms with E-state index in [2.05, 4.69) is 12.2 Å². The van der Waals surface area contributed by atoms with Crippen LogP contribution in [-0.4, -0.2) is 12.5 Å². The number of amides is 1. The van der Waals surface area contributed by atoms with Gasteiger partial charge in [-0.1, -0.05) is 38.3 Å². The quantitative estimate of drug-likeness (QED) is 0.810. The number of rotatable bonds is 5. The summed E-state index contributed by atoms with van der Waals surface area (Å²) >= 11 is 0. The van der Waals surface area contributed by atoms with Gasteiger partial charge in [0.1, 0.15) is 0 Å². The highest BCUT2D eigenvalue weighted by Crippen LogP contribution is 2.34. The van der Waals surface area contributed by atoms with Crippen molar-refractivity contribution in [1.82, 2.24) is 5.32 Å². The van der Waals surface area contributed by atoms with E-state index in [0.717, 1.165) is 24.2 Å². The fourth-order valence-electron chi connectivity index (χ4n) is 2.99. The van der Waals surface area contributed by atoms with Gasteiger partial charge in [0.25, 0.3) is 0 Å². The summed E-state index contributed by atoms with van der Waals surface area (Å²) in [5, 5.41) is 3.11. The number of hydrogen-bond acceptors (Lipinski definition) is 2. The fraction of sp³-hybridized carbons (Fsp3) is 0.588. The van der Waals surface area contributed by atoms with E-state index in [1.165, 1.54) is 32.1 Å². The molecule has 1 aromatic carbocycles. The molecule has 0 atom stereocenters. The van der Waals surface area contributed by atoms with Crippen LogP contribution >= 0.6 is 0 Å². The fourth-order valence-corrected chi connectivity index (χ4v) is 2.99. The Kier molecular flexibility index (Phi) is 5.05. The molecular weight excluding hydrogens is 248 g/mol. The molecule has 1 aliphatic carbocycles. The number of carbonyl (C=O) groups is 1. The third-order valence-electron chi connectivity index (χ3n) is 4.36. The number of benzene rings is 1. The van der Waals surface area contributed by atoms with Crippen molar-refractivity contribution in [3.8, 4) is 0 Å². The summed E-state index contributed by atoms with van der Waals surface area (Å²) in [6.07, 6.45) is 7.72.